The van der Waals surface area contributed by atoms with Gasteiger partial charge in [-0.1, -0.05) is 269 Å². The van der Waals surface area contributed by atoms with E-state index < -0.39 is 20.0 Å². The number of phosphoric acid groups is 1. The lowest BCUT2D eigenvalue weighted by molar-refractivity contribution is -0.870. The molecule has 0 bridgehead atoms. The number of phosphoric ester groups is 1. The van der Waals surface area contributed by atoms with Crippen LogP contribution in [-0.2, 0) is 18.4 Å². The topological polar surface area (TPSA) is 108 Å². The summed E-state index contributed by atoms with van der Waals surface area (Å²) < 4.78 is 23.3. The molecule has 8 nitrogen and oxygen atoms in total. The predicted molar refractivity (Wildman–Crippen MR) is 284 cm³/mol. The molecule has 0 aromatic rings. The molecule has 2 N–H and O–H groups in total. The minimum Gasteiger partial charge on any atom is -0.756 e. The number of aliphatic hydroxyl groups excluding tert-OH is 1. The van der Waals surface area contributed by atoms with E-state index in [2.05, 4.69) is 31.3 Å². The molecule has 0 aliphatic heterocycles. The van der Waals surface area contributed by atoms with Gasteiger partial charge in [-0.3, -0.25) is 9.36 Å². The van der Waals surface area contributed by atoms with Gasteiger partial charge in [0.2, 0.25) is 5.91 Å². The van der Waals surface area contributed by atoms with E-state index in [1.54, 1.807) is 6.08 Å². The summed E-state index contributed by atoms with van der Waals surface area (Å²) in [7, 11) is 1.26. The van der Waals surface area contributed by atoms with Gasteiger partial charge in [-0.15, -0.1) is 0 Å². The van der Waals surface area contributed by atoms with Crippen LogP contribution in [0.15, 0.2) is 24.3 Å². The van der Waals surface area contributed by atoms with E-state index in [0.717, 1.165) is 38.5 Å². The van der Waals surface area contributed by atoms with Crippen LogP contribution in [0.2, 0.25) is 0 Å². The van der Waals surface area contributed by atoms with Crippen molar-refractivity contribution in [2.24, 2.45) is 0 Å². The first-order valence-electron chi connectivity index (χ1n) is 28.7. The summed E-state index contributed by atoms with van der Waals surface area (Å²) in [4.78, 5) is 25.4. The molecule has 0 radical (unpaired) electrons. The third kappa shape index (κ3) is 50.8. The molecule has 0 aliphatic carbocycles. The van der Waals surface area contributed by atoms with Crippen LogP contribution in [0.25, 0.3) is 0 Å². The van der Waals surface area contributed by atoms with Crippen molar-refractivity contribution in [1.82, 2.24) is 5.32 Å². The lowest BCUT2D eigenvalue weighted by Crippen LogP contribution is -2.45. The van der Waals surface area contributed by atoms with Crippen LogP contribution in [0.1, 0.15) is 284 Å². The number of carbonyl (C=O) groups excluding carboxylic acids is 1. The molecule has 66 heavy (non-hydrogen) atoms. The van der Waals surface area contributed by atoms with Crippen molar-refractivity contribution in [2.45, 2.75) is 296 Å². The molecule has 9 heteroatoms. The highest BCUT2D eigenvalue weighted by Crippen LogP contribution is 2.38. The Hall–Kier alpha value is -1.02. The molecule has 0 aromatic carbocycles. The molecule has 0 spiro atoms. The van der Waals surface area contributed by atoms with E-state index in [0.29, 0.717) is 17.4 Å². The lowest BCUT2D eigenvalue weighted by atomic mass is 10.0. The second-order valence-corrected chi connectivity index (χ2v) is 22.4. The Morgan fingerprint density at radius 2 is 0.848 bits per heavy atom. The van der Waals surface area contributed by atoms with Crippen LogP contribution < -0.4 is 10.2 Å². The van der Waals surface area contributed by atoms with E-state index in [-0.39, 0.29) is 19.1 Å². The molecule has 3 unspecified atom stereocenters. The highest BCUT2D eigenvalue weighted by atomic mass is 31.2. The number of likely N-dealkylation sites (N-methyl/N-ethyl adjacent to an activating group) is 1. The summed E-state index contributed by atoms with van der Waals surface area (Å²) in [5, 5.41) is 13.8. The van der Waals surface area contributed by atoms with Gasteiger partial charge in [0.05, 0.1) is 39.9 Å². The van der Waals surface area contributed by atoms with Crippen molar-refractivity contribution in [3.63, 3.8) is 0 Å². The Kier molecular flexibility index (Phi) is 48.2. The molecule has 0 aromatic heterocycles. The van der Waals surface area contributed by atoms with E-state index in [1.807, 2.05) is 27.2 Å². The minimum absolute atomic E-state index is 0.00396. The molecule has 0 rings (SSSR count). The Bertz CT molecular complexity index is 1130. The maximum atomic E-state index is 12.9. The number of amides is 1. The summed E-state index contributed by atoms with van der Waals surface area (Å²) in [6, 6.07) is -0.899. The van der Waals surface area contributed by atoms with Crippen LogP contribution in [0, 0.1) is 0 Å². The van der Waals surface area contributed by atoms with Crippen molar-refractivity contribution in [3.05, 3.63) is 24.3 Å². The first-order chi connectivity index (χ1) is 32.0. The SMILES string of the molecule is CCCCCCCCCCCCCCCCCCCCCCCCCCC/C=C/CC/C=C/C(O)C(COP(=O)([O-])OCC[N+](C)(C)C)NC(=O)CCCCCCCCCCCCCCC. The van der Waals surface area contributed by atoms with Gasteiger partial charge in [-0.05, 0) is 32.1 Å². The summed E-state index contributed by atoms with van der Waals surface area (Å²) in [5.74, 6) is -0.204. The second-order valence-electron chi connectivity index (χ2n) is 21.0. The van der Waals surface area contributed by atoms with Crippen molar-refractivity contribution < 1.29 is 32.9 Å². The predicted octanol–water partition coefficient (Wildman–Crippen LogP) is 16.6. The first-order valence-corrected chi connectivity index (χ1v) is 30.2. The van der Waals surface area contributed by atoms with Crippen LogP contribution in [0.5, 0.6) is 0 Å². The Morgan fingerprint density at radius 1 is 0.515 bits per heavy atom. The number of nitrogens with zero attached hydrogens (tertiary/aromatic N) is 1. The quantitative estimate of drug-likeness (QED) is 0.0272. The van der Waals surface area contributed by atoms with Gasteiger partial charge in [-0.25, -0.2) is 0 Å². The molecule has 0 aliphatic rings. The fourth-order valence-electron chi connectivity index (χ4n) is 8.64. The normalized spacial score (nSPS) is 14.1. The molecule has 0 saturated heterocycles. The van der Waals surface area contributed by atoms with Crippen LogP contribution in [0.3, 0.4) is 0 Å². The summed E-state index contributed by atoms with van der Waals surface area (Å²) in [6.45, 7) is 4.66. The van der Waals surface area contributed by atoms with Crippen LogP contribution in [-0.4, -0.2) is 68.5 Å². The van der Waals surface area contributed by atoms with Gasteiger partial charge in [0.1, 0.15) is 13.2 Å². The van der Waals surface area contributed by atoms with Gasteiger partial charge >= 0.3 is 0 Å². The van der Waals surface area contributed by atoms with E-state index >= 15 is 0 Å². The van der Waals surface area contributed by atoms with Gasteiger partial charge in [0.25, 0.3) is 7.82 Å². The second kappa shape index (κ2) is 49.0. The lowest BCUT2D eigenvalue weighted by Gasteiger charge is -2.29. The summed E-state index contributed by atoms with van der Waals surface area (Å²) >= 11 is 0. The van der Waals surface area contributed by atoms with Crippen molar-refractivity contribution in [3.8, 4) is 0 Å². The zero-order valence-corrected chi connectivity index (χ0v) is 45.6. The van der Waals surface area contributed by atoms with Gasteiger partial charge in [-0.2, -0.15) is 0 Å². The number of nitrogens with one attached hydrogen (secondary N) is 1. The zero-order valence-electron chi connectivity index (χ0n) is 44.7. The van der Waals surface area contributed by atoms with Crippen LogP contribution >= 0.6 is 7.82 Å². The maximum Gasteiger partial charge on any atom is 0.268 e. The monoisotopic (exact) mass is 953 g/mol. The van der Waals surface area contributed by atoms with Gasteiger partial charge in [0.15, 0.2) is 0 Å². The Morgan fingerprint density at radius 3 is 1.23 bits per heavy atom. The maximum absolute atomic E-state index is 12.9. The third-order valence-electron chi connectivity index (χ3n) is 13.2. The minimum atomic E-state index is -4.60. The number of carbonyl (C=O) groups is 1. The highest BCUT2D eigenvalue weighted by molar-refractivity contribution is 7.45. The number of unbranched alkanes of at least 4 members (excludes halogenated alkanes) is 38. The number of rotatable bonds is 53. The number of aliphatic hydroxyl groups is 1. The van der Waals surface area contributed by atoms with Crippen molar-refractivity contribution in [1.29, 1.82) is 0 Å². The first kappa shape index (κ1) is 65.0. The molecular formula is C57H113N2O6P. The fraction of sp³-hybridized carbons (Fsp3) is 0.912. The summed E-state index contributed by atoms with van der Waals surface area (Å²) in [6.07, 6.45) is 61.3. The van der Waals surface area contributed by atoms with E-state index in [1.165, 1.54) is 225 Å². The smallest absolute Gasteiger partial charge is 0.268 e. The number of allylic oxidation sites excluding steroid dienone is 3. The Labute approximate surface area is 411 Å². The standard InChI is InChI=1S/C57H113N2O6P/c1-6-8-10-12-14-16-18-20-21-22-23-24-25-26-27-28-29-30-31-32-33-34-35-36-37-39-40-42-44-46-48-50-56(60)55(54-65-66(62,63)64-53-52-59(3,4)5)58-57(61)51-49-47-45-43-41-38-19-17-15-13-11-9-7-2/h40,42,48,50,55-56,60H,6-39,41,43-47,49,51-54H2,1-5H3,(H-,58,61,62,63)/b42-40+,50-48+. The molecule has 0 fully saturated rings. The van der Waals surface area contributed by atoms with Gasteiger partial charge < -0.3 is 28.8 Å². The Balaban J connectivity index is 4.10. The molecule has 0 heterocycles. The largest absolute Gasteiger partial charge is 0.756 e. The molecular weight excluding hydrogens is 840 g/mol. The zero-order chi connectivity index (χ0) is 48.5. The molecule has 3 atom stereocenters. The average molecular weight is 954 g/mol. The van der Waals surface area contributed by atoms with Crippen molar-refractivity contribution >= 4 is 13.7 Å². The highest BCUT2D eigenvalue weighted by Gasteiger charge is 2.23. The fourth-order valence-corrected chi connectivity index (χ4v) is 9.37. The average Bonchev–Trinajstić information content (AvgIpc) is 3.28. The number of quaternary nitrogens is 1. The number of hydrogen-bond donors (Lipinski definition) is 2. The molecule has 392 valence electrons. The third-order valence-corrected chi connectivity index (χ3v) is 14.1. The summed E-state index contributed by atoms with van der Waals surface area (Å²) in [5.41, 5.74) is 0. The number of hydrogen-bond acceptors (Lipinski definition) is 6. The van der Waals surface area contributed by atoms with Crippen LogP contribution in [0.4, 0.5) is 0 Å². The van der Waals surface area contributed by atoms with Gasteiger partial charge in [0, 0.05) is 6.42 Å². The van der Waals surface area contributed by atoms with E-state index in [9.17, 15) is 19.4 Å². The van der Waals surface area contributed by atoms with E-state index in [4.69, 9.17) is 9.05 Å². The molecule has 0 saturated carbocycles. The van der Waals surface area contributed by atoms with Crippen molar-refractivity contribution in [2.75, 3.05) is 40.9 Å². The molecule has 1 amide bonds.